The van der Waals surface area contributed by atoms with Crippen LogP contribution in [0, 0.1) is 16.7 Å². The lowest BCUT2D eigenvalue weighted by molar-refractivity contribution is -0.137. The van der Waals surface area contributed by atoms with Gasteiger partial charge in [-0.15, -0.1) is 5.10 Å². The predicted octanol–water partition coefficient (Wildman–Crippen LogP) is 3.64. The first-order chi connectivity index (χ1) is 16.2. The molecule has 9 nitrogen and oxygen atoms in total. The number of halogens is 3. The molecule has 2 saturated heterocycles. The minimum Gasteiger partial charge on any atom is -0.380 e. The van der Waals surface area contributed by atoms with E-state index >= 15 is 0 Å². The van der Waals surface area contributed by atoms with Crippen molar-refractivity contribution >= 4 is 23.2 Å². The van der Waals surface area contributed by atoms with Crippen molar-refractivity contribution in [2.75, 3.05) is 41.8 Å². The number of urea groups is 1. The third-order valence-corrected chi connectivity index (χ3v) is 5.78. The zero-order valence-electron chi connectivity index (χ0n) is 17.6. The largest absolute Gasteiger partial charge is 0.416 e. The molecule has 1 aromatic heterocycles. The van der Waals surface area contributed by atoms with Crippen molar-refractivity contribution in [3.05, 3.63) is 59.8 Å². The first-order valence-electron chi connectivity index (χ1n) is 10.3. The van der Waals surface area contributed by atoms with Crippen molar-refractivity contribution < 1.29 is 22.7 Å². The Balaban J connectivity index is 1.21. The Morgan fingerprint density at radius 1 is 1.12 bits per heavy atom. The van der Waals surface area contributed by atoms with Gasteiger partial charge in [-0.3, -0.25) is 5.32 Å². The molecule has 0 aliphatic carbocycles. The van der Waals surface area contributed by atoms with E-state index in [1.165, 1.54) is 23.0 Å². The Morgan fingerprint density at radius 2 is 1.85 bits per heavy atom. The van der Waals surface area contributed by atoms with E-state index in [1.54, 1.807) is 18.2 Å². The number of alkyl halides is 3. The normalized spacial score (nSPS) is 16.4. The van der Waals surface area contributed by atoms with Crippen LogP contribution in [0.15, 0.2) is 48.7 Å². The van der Waals surface area contributed by atoms with Crippen LogP contribution in [0.5, 0.6) is 0 Å². The number of hydrogen-bond donors (Lipinski definition) is 2. The second-order valence-corrected chi connectivity index (χ2v) is 8.36. The Labute approximate surface area is 191 Å². The SMILES string of the molecule is N#Cc1cc(NC(=O)Nc2cn(-c3ccc(C(F)(F)F)cc3)nn2)ccc1N1CC2(COC2)C1. The average molecular weight is 469 g/mol. The standard InChI is InChI=1S/C22H18F3N7O2/c23-22(24,25)15-1-4-17(5-2-15)32-9-19(29-30-32)28-20(33)27-16-3-6-18(14(7-16)8-26)31-10-21(11-31)12-34-13-21/h1-7,9H,10-13H2,(H2,27,28,33). The minimum absolute atomic E-state index is 0.100. The number of carbonyl (C=O) groups excluding carboxylic acids is 1. The number of rotatable bonds is 4. The van der Waals surface area contributed by atoms with Crippen LogP contribution >= 0.6 is 0 Å². The van der Waals surface area contributed by atoms with Crippen LogP contribution in [0.2, 0.25) is 0 Å². The minimum atomic E-state index is -4.43. The fraction of sp³-hybridized carbons (Fsp3) is 0.273. The van der Waals surface area contributed by atoms with Gasteiger partial charge in [-0.05, 0) is 42.5 Å². The van der Waals surface area contributed by atoms with Gasteiger partial charge in [-0.1, -0.05) is 5.21 Å². The summed E-state index contributed by atoms with van der Waals surface area (Å²) in [6.45, 7) is 3.16. The first kappa shape index (κ1) is 21.7. The molecule has 0 bridgehead atoms. The van der Waals surface area contributed by atoms with Crippen LogP contribution in [0.1, 0.15) is 11.1 Å². The number of hydrogen-bond acceptors (Lipinski definition) is 6. The quantitative estimate of drug-likeness (QED) is 0.604. The van der Waals surface area contributed by atoms with Gasteiger partial charge in [-0.2, -0.15) is 18.4 Å². The number of nitrogens with one attached hydrogen (secondary N) is 2. The second-order valence-electron chi connectivity index (χ2n) is 8.36. The third-order valence-electron chi connectivity index (χ3n) is 5.78. The summed E-state index contributed by atoms with van der Waals surface area (Å²) in [5.74, 6) is 0.100. The number of aromatic nitrogens is 3. The van der Waals surface area contributed by atoms with Crippen LogP contribution in [-0.4, -0.2) is 47.3 Å². The van der Waals surface area contributed by atoms with Crippen molar-refractivity contribution in [1.29, 1.82) is 5.26 Å². The van der Waals surface area contributed by atoms with Crippen LogP contribution in [0.3, 0.4) is 0 Å². The maximum atomic E-state index is 12.7. The van der Waals surface area contributed by atoms with Gasteiger partial charge in [0.2, 0.25) is 0 Å². The van der Waals surface area contributed by atoms with Gasteiger partial charge >= 0.3 is 12.2 Å². The lowest BCUT2D eigenvalue weighted by atomic mass is 9.77. The number of ether oxygens (including phenoxy) is 1. The highest BCUT2D eigenvalue weighted by Crippen LogP contribution is 2.41. The topological polar surface area (TPSA) is 108 Å². The fourth-order valence-electron chi connectivity index (χ4n) is 4.02. The van der Waals surface area contributed by atoms with Gasteiger partial charge in [0.1, 0.15) is 6.07 Å². The summed E-state index contributed by atoms with van der Waals surface area (Å²) in [7, 11) is 0. The monoisotopic (exact) mass is 469 g/mol. The molecule has 2 aliphatic rings. The molecule has 3 aromatic rings. The summed E-state index contributed by atoms with van der Waals surface area (Å²) in [5, 5.41) is 22.3. The molecule has 3 heterocycles. The lowest BCUT2D eigenvalue weighted by Gasteiger charge is -2.56. The summed E-state index contributed by atoms with van der Waals surface area (Å²) in [4.78, 5) is 14.5. The fourth-order valence-corrected chi connectivity index (χ4v) is 4.02. The van der Waals surface area contributed by atoms with Crippen molar-refractivity contribution in [3.8, 4) is 11.8 Å². The summed E-state index contributed by atoms with van der Waals surface area (Å²) in [6, 6.07) is 11.0. The van der Waals surface area contributed by atoms with Crippen molar-refractivity contribution in [2.45, 2.75) is 6.18 Å². The van der Waals surface area contributed by atoms with Crippen LogP contribution in [0.4, 0.5) is 35.2 Å². The van der Waals surface area contributed by atoms with Crippen LogP contribution in [-0.2, 0) is 10.9 Å². The van der Waals surface area contributed by atoms with E-state index in [1.807, 2.05) is 0 Å². The summed E-state index contributed by atoms with van der Waals surface area (Å²) < 4.78 is 44.7. The molecule has 174 valence electrons. The molecule has 2 aromatic carbocycles. The highest BCUT2D eigenvalue weighted by molar-refractivity contribution is 5.99. The van der Waals surface area contributed by atoms with E-state index in [4.69, 9.17) is 4.74 Å². The zero-order valence-corrected chi connectivity index (χ0v) is 17.6. The lowest BCUT2D eigenvalue weighted by Crippen LogP contribution is -2.66. The van der Waals surface area contributed by atoms with Gasteiger partial charge < -0.3 is 15.0 Å². The molecule has 1 spiro atoms. The van der Waals surface area contributed by atoms with Gasteiger partial charge in [0.05, 0.1) is 47.3 Å². The molecule has 0 saturated carbocycles. The van der Waals surface area contributed by atoms with Crippen molar-refractivity contribution in [3.63, 3.8) is 0 Å². The second kappa shape index (κ2) is 8.03. The number of nitriles is 1. The van der Waals surface area contributed by atoms with E-state index in [-0.39, 0.29) is 11.2 Å². The van der Waals surface area contributed by atoms with Crippen LogP contribution in [0.25, 0.3) is 5.69 Å². The predicted molar refractivity (Wildman–Crippen MR) is 116 cm³/mol. The molecule has 2 amide bonds. The Kier molecular flexibility index (Phi) is 5.13. The molecule has 5 rings (SSSR count). The Morgan fingerprint density at radius 3 is 2.47 bits per heavy atom. The molecule has 12 heteroatoms. The van der Waals surface area contributed by atoms with Gasteiger partial charge in [-0.25, -0.2) is 9.48 Å². The zero-order chi connectivity index (χ0) is 23.9. The van der Waals surface area contributed by atoms with E-state index < -0.39 is 17.8 Å². The first-order valence-corrected chi connectivity index (χ1v) is 10.3. The number of anilines is 3. The molecule has 34 heavy (non-hydrogen) atoms. The van der Waals surface area contributed by atoms with Crippen molar-refractivity contribution in [2.24, 2.45) is 5.41 Å². The molecule has 0 unspecified atom stereocenters. The smallest absolute Gasteiger partial charge is 0.380 e. The van der Waals surface area contributed by atoms with E-state index in [2.05, 4.69) is 31.9 Å². The number of carbonyl (C=O) groups is 1. The summed E-state index contributed by atoms with van der Waals surface area (Å²) in [6.07, 6.45) is -3.06. The molecular formula is C22H18F3N7O2. The maximum absolute atomic E-state index is 12.7. The molecule has 0 atom stereocenters. The van der Waals surface area contributed by atoms with Gasteiger partial charge in [0.25, 0.3) is 0 Å². The molecule has 0 radical (unpaired) electrons. The Hall–Kier alpha value is -4.11. The summed E-state index contributed by atoms with van der Waals surface area (Å²) >= 11 is 0. The third kappa shape index (κ3) is 4.13. The molecule has 2 fully saturated rings. The van der Waals surface area contributed by atoms with Gasteiger partial charge in [0.15, 0.2) is 5.82 Å². The van der Waals surface area contributed by atoms with E-state index in [0.717, 1.165) is 44.1 Å². The summed E-state index contributed by atoms with van der Waals surface area (Å²) in [5.41, 5.74) is 1.47. The van der Waals surface area contributed by atoms with Crippen LogP contribution < -0.4 is 15.5 Å². The molecule has 2 aliphatic heterocycles. The Bertz CT molecular complexity index is 1270. The maximum Gasteiger partial charge on any atom is 0.416 e. The molecular weight excluding hydrogens is 451 g/mol. The highest BCUT2D eigenvalue weighted by atomic mass is 19.4. The number of nitrogens with zero attached hydrogens (tertiary/aromatic N) is 5. The number of benzene rings is 2. The van der Waals surface area contributed by atoms with Crippen molar-refractivity contribution in [1.82, 2.24) is 15.0 Å². The van der Waals surface area contributed by atoms with E-state index in [9.17, 15) is 23.2 Å². The number of amides is 2. The highest BCUT2D eigenvalue weighted by Gasteiger charge is 2.49. The molecule has 2 N–H and O–H groups in total. The average Bonchev–Trinajstić information content (AvgIpc) is 3.20. The van der Waals surface area contributed by atoms with E-state index in [0.29, 0.717) is 16.9 Å². The van der Waals surface area contributed by atoms with Gasteiger partial charge in [0, 0.05) is 18.8 Å².